The number of fused-ring (bicyclic) bond motifs is 1. The number of nitrogens with zero attached hydrogens (tertiary/aromatic N) is 2. The minimum absolute atomic E-state index is 0.00126. The fraction of sp³-hybridized carbons (Fsp3) is 0.630. The second-order valence-electron chi connectivity index (χ2n) is 11.2. The largest absolute Gasteiger partial charge is 0.389 e. The summed E-state index contributed by atoms with van der Waals surface area (Å²) in [5.74, 6) is 0.842. The van der Waals surface area contributed by atoms with Gasteiger partial charge in [-0.05, 0) is 94.6 Å². The third kappa shape index (κ3) is 5.07. The Hall–Kier alpha value is -1.77. The number of aromatic nitrogens is 1. The van der Waals surface area contributed by atoms with Gasteiger partial charge in [0.2, 0.25) is 5.91 Å². The molecular formula is C27H36ClN3O4. The molecule has 1 aromatic carbocycles. The third-order valence-electron chi connectivity index (χ3n) is 8.20. The first-order valence-electron chi connectivity index (χ1n) is 12.7. The molecule has 1 amide bonds. The van der Waals surface area contributed by atoms with E-state index < -0.39 is 6.10 Å². The smallest absolute Gasteiger partial charge is 0.228 e. The van der Waals surface area contributed by atoms with Gasteiger partial charge in [-0.15, -0.1) is 0 Å². The molecule has 2 aromatic rings. The van der Waals surface area contributed by atoms with Crippen molar-refractivity contribution in [1.29, 1.82) is 0 Å². The molecule has 3 fully saturated rings. The van der Waals surface area contributed by atoms with Crippen molar-refractivity contribution in [3.63, 3.8) is 0 Å². The van der Waals surface area contributed by atoms with Gasteiger partial charge in [0.1, 0.15) is 5.82 Å². The van der Waals surface area contributed by atoms with Crippen molar-refractivity contribution in [3.05, 3.63) is 35.0 Å². The second kappa shape index (κ2) is 9.60. The second-order valence-corrected chi connectivity index (χ2v) is 11.6. The predicted octanol–water partition coefficient (Wildman–Crippen LogP) is 4.36. The molecule has 1 aromatic heterocycles. The number of halogens is 1. The van der Waals surface area contributed by atoms with Gasteiger partial charge in [0.05, 0.1) is 30.5 Å². The van der Waals surface area contributed by atoms with Crippen LogP contribution in [-0.4, -0.2) is 71.1 Å². The first kappa shape index (κ1) is 24.9. The van der Waals surface area contributed by atoms with Crippen LogP contribution in [-0.2, 0) is 14.3 Å². The number of pyridine rings is 1. The van der Waals surface area contributed by atoms with Crippen LogP contribution in [0.5, 0.6) is 0 Å². The molecule has 7 nitrogen and oxygen atoms in total. The van der Waals surface area contributed by atoms with E-state index in [-0.39, 0.29) is 23.0 Å². The van der Waals surface area contributed by atoms with E-state index in [0.29, 0.717) is 38.0 Å². The highest BCUT2D eigenvalue weighted by Crippen LogP contribution is 2.39. The maximum Gasteiger partial charge on any atom is 0.228 e. The Labute approximate surface area is 212 Å². The van der Waals surface area contributed by atoms with Crippen molar-refractivity contribution < 1.29 is 19.4 Å². The number of carbonyl (C=O) groups is 1. The SMILES string of the molecule is CC1(C)C[C@H](C(=O)Nc2cc3cc(C4CCN([C@]5(C)COC[C@@H]5O)CC4)c(Cl)cc3cn2)CCO1. The molecule has 4 heterocycles. The summed E-state index contributed by atoms with van der Waals surface area (Å²) < 4.78 is 11.3. The van der Waals surface area contributed by atoms with Crippen molar-refractivity contribution in [2.24, 2.45) is 5.92 Å². The van der Waals surface area contributed by atoms with E-state index in [2.05, 4.69) is 28.2 Å². The average molecular weight is 502 g/mol. The van der Waals surface area contributed by atoms with E-state index in [0.717, 1.165) is 53.7 Å². The topological polar surface area (TPSA) is 83.9 Å². The number of piperidine rings is 1. The van der Waals surface area contributed by atoms with Gasteiger partial charge < -0.3 is 19.9 Å². The summed E-state index contributed by atoms with van der Waals surface area (Å²) in [7, 11) is 0. The Morgan fingerprint density at radius 2 is 1.94 bits per heavy atom. The lowest BCUT2D eigenvalue weighted by Gasteiger charge is -2.43. The normalized spacial score (nSPS) is 30.0. The Balaban J connectivity index is 1.29. The zero-order valence-electron chi connectivity index (χ0n) is 20.8. The van der Waals surface area contributed by atoms with Crippen molar-refractivity contribution in [3.8, 4) is 0 Å². The highest BCUT2D eigenvalue weighted by Gasteiger charge is 2.45. The molecular weight excluding hydrogens is 466 g/mol. The quantitative estimate of drug-likeness (QED) is 0.647. The minimum Gasteiger partial charge on any atom is -0.389 e. The molecule has 0 bridgehead atoms. The number of aliphatic hydroxyl groups is 1. The maximum atomic E-state index is 12.9. The fourth-order valence-electron chi connectivity index (χ4n) is 5.90. The molecule has 3 aliphatic rings. The molecule has 3 atom stereocenters. The van der Waals surface area contributed by atoms with E-state index >= 15 is 0 Å². The van der Waals surface area contributed by atoms with Gasteiger partial charge in [0.25, 0.3) is 0 Å². The number of hydrogen-bond donors (Lipinski definition) is 2. The maximum absolute atomic E-state index is 12.9. The van der Waals surface area contributed by atoms with Crippen LogP contribution in [0.2, 0.25) is 5.02 Å². The summed E-state index contributed by atoms with van der Waals surface area (Å²) in [6.07, 6.45) is 4.70. The van der Waals surface area contributed by atoms with Crippen LogP contribution in [0, 0.1) is 5.92 Å². The van der Waals surface area contributed by atoms with Crippen molar-refractivity contribution in [2.75, 3.05) is 38.2 Å². The number of likely N-dealkylation sites (tertiary alicyclic amines) is 1. The number of aliphatic hydroxyl groups excluding tert-OH is 1. The molecule has 8 heteroatoms. The number of amides is 1. The van der Waals surface area contributed by atoms with Gasteiger partial charge in [0, 0.05) is 29.1 Å². The van der Waals surface area contributed by atoms with Crippen LogP contribution < -0.4 is 5.32 Å². The van der Waals surface area contributed by atoms with Gasteiger partial charge in [-0.25, -0.2) is 4.98 Å². The van der Waals surface area contributed by atoms with Crippen LogP contribution >= 0.6 is 11.6 Å². The third-order valence-corrected chi connectivity index (χ3v) is 8.53. The van der Waals surface area contributed by atoms with Gasteiger partial charge in [-0.2, -0.15) is 0 Å². The van der Waals surface area contributed by atoms with Crippen LogP contribution in [0.3, 0.4) is 0 Å². The zero-order chi connectivity index (χ0) is 24.8. The van der Waals surface area contributed by atoms with Crippen molar-refractivity contribution >= 4 is 34.1 Å². The number of benzene rings is 1. The lowest BCUT2D eigenvalue weighted by molar-refractivity contribution is -0.130. The zero-order valence-corrected chi connectivity index (χ0v) is 21.6. The number of anilines is 1. The number of hydrogen-bond acceptors (Lipinski definition) is 6. The Morgan fingerprint density at radius 1 is 1.17 bits per heavy atom. The average Bonchev–Trinajstić information content (AvgIpc) is 3.17. The highest BCUT2D eigenvalue weighted by atomic mass is 35.5. The molecule has 0 spiro atoms. The minimum atomic E-state index is -0.448. The standard InChI is InChI=1S/C27H36ClN3O4/c1-26(2)13-18(6-9-35-26)25(33)30-24-12-19-10-21(22(28)11-20(19)14-29-24)17-4-7-31(8-5-17)27(3)16-34-15-23(27)32/h10-12,14,17-18,23,32H,4-9,13,15-16H2,1-3H3,(H,29,30,33)/t18-,23+,27-/m1/s1. The predicted molar refractivity (Wildman–Crippen MR) is 137 cm³/mol. The summed E-state index contributed by atoms with van der Waals surface area (Å²) in [5.41, 5.74) is 0.552. The van der Waals surface area contributed by atoms with Crippen molar-refractivity contribution in [2.45, 2.75) is 69.6 Å². The van der Waals surface area contributed by atoms with Gasteiger partial charge in [-0.3, -0.25) is 9.69 Å². The van der Waals surface area contributed by atoms with E-state index in [1.807, 2.05) is 26.0 Å². The van der Waals surface area contributed by atoms with E-state index in [9.17, 15) is 9.90 Å². The summed E-state index contributed by atoms with van der Waals surface area (Å²) in [5, 5.41) is 16.2. The van der Waals surface area contributed by atoms with Crippen LogP contribution in [0.4, 0.5) is 5.82 Å². The number of carbonyl (C=O) groups excluding carboxylic acids is 1. The summed E-state index contributed by atoms with van der Waals surface area (Å²) in [4.78, 5) is 19.7. The lowest BCUT2D eigenvalue weighted by Crippen LogP contribution is -2.56. The van der Waals surface area contributed by atoms with E-state index in [4.69, 9.17) is 21.1 Å². The first-order chi connectivity index (χ1) is 16.6. The molecule has 2 N–H and O–H groups in total. The molecule has 0 unspecified atom stereocenters. The fourth-order valence-corrected chi connectivity index (χ4v) is 6.23. The summed E-state index contributed by atoms with van der Waals surface area (Å²) in [6.45, 7) is 9.53. The molecule has 35 heavy (non-hydrogen) atoms. The van der Waals surface area contributed by atoms with E-state index in [1.165, 1.54) is 0 Å². The molecule has 0 saturated carbocycles. The number of ether oxygens (including phenoxy) is 2. The lowest BCUT2D eigenvalue weighted by atomic mass is 9.85. The molecule has 190 valence electrons. The number of nitrogens with one attached hydrogen (secondary N) is 1. The Bertz CT molecular complexity index is 1100. The van der Waals surface area contributed by atoms with Crippen LogP contribution in [0.1, 0.15) is 57.9 Å². The highest BCUT2D eigenvalue weighted by molar-refractivity contribution is 6.32. The molecule has 3 aliphatic heterocycles. The molecule has 0 radical (unpaired) electrons. The monoisotopic (exact) mass is 501 g/mol. The first-order valence-corrected chi connectivity index (χ1v) is 13.1. The van der Waals surface area contributed by atoms with Crippen LogP contribution in [0.15, 0.2) is 24.4 Å². The Kier molecular flexibility index (Phi) is 6.83. The van der Waals surface area contributed by atoms with E-state index in [1.54, 1.807) is 6.20 Å². The van der Waals surface area contributed by atoms with Crippen LogP contribution in [0.25, 0.3) is 10.8 Å². The number of rotatable bonds is 4. The van der Waals surface area contributed by atoms with Crippen molar-refractivity contribution in [1.82, 2.24) is 9.88 Å². The Morgan fingerprint density at radius 3 is 2.63 bits per heavy atom. The van der Waals surface area contributed by atoms with Gasteiger partial charge in [0.15, 0.2) is 0 Å². The molecule has 3 saturated heterocycles. The summed E-state index contributed by atoms with van der Waals surface area (Å²) in [6, 6.07) is 6.08. The van der Waals surface area contributed by atoms with Gasteiger partial charge >= 0.3 is 0 Å². The summed E-state index contributed by atoms with van der Waals surface area (Å²) >= 11 is 6.72. The van der Waals surface area contributed by atoms with Gasteiger partial charge in [-0.1, -0.05) is 11.6 Å². The molecule has 5 rings (SSSR count). The molecule has 0 aliphatic carbocycles.